The molecule has 1 aromatic rings. The highest BCUT2D eigenvalue weighted by Gasteiger charge is 2.12. The molecular formula is C12H18O2S2. The highest BCUT2D eigenvalue weighted by atomic mass is 32.8. The number of rotatable bonds is 4. The summed E-state index contributed by atoms with van der Waals surface area (Å²) in [6, 6.07) is 5.47. The van der Waals surface area contributed by atoms with Crippen molar-refractivity contribution in [1.82, 2.24) is 0 Å². The van der Waals surface area contributed by atoms with Crippen molar-refractivity contribution >= 4 is 20.0 Å². The Labute approximate surface area is 103 Å². The Morgan fingerprint density at radius 1 is 1.44 bits per heavy atom. The van der Waals surface area contributed by atoms with Gasteiger partial charge in [0.1, 0.15) is 0 Å². The van der Waals surface area contributed by atoms with E-state index >= 15 is 0 Å². The van der Waals surface area contributed by atoms with Crippen LogP contribution in [0.15, 0.2) is 23.1 Å². The maximum Gasteiger partial charge on any atom is 0.171 e. The highest BCUT2D eigenvalue weighted by Crippen LogP contribution is 2.20. The zero-order chi connectivity index (χ0) is 12.3. The fourth-order valence-corrected chi connectivity index (χ4v) is 2.82. The second kappa shape index (κ2) is 5.25. The van der Waals surface area contributed by atoms with Gasteiger partial charge in [0.25, 0.3) is 0 Å². The Morgan fingerprint density at radius 3 is 2.56 bits per heavy atom. The molecular weight excluding hydrogens is 240 g/mol. The van der Waals surface area contributed by atoms with Crippen LogP contribution in [-0.4, -0.2) is 8.76 Å². The molecule has 0 heterocycles. The van der Waals surface area contributed by atoms with Gasteiger partial charge in [0.05, 0.1) is 4.90 Å². The third-order valence-corrected chi connectivity index (χ3v) is 3.98. The first-order valence-electron chi connectivity index (χ1n) is 5.37. The lowest BCUT2D eigenvalue weighted by Crippen LogP contribution is -2.03. The molecule has 1 unspecified atom stereocenters. The zero-order valence-corrected chi connectivity index (χ0v) is 11.5. The lowest BCUT2D eigenvalue weighted by Gasteiger charge is -2.11. The van der Waals surface area contributed by atoms with Crippen molar-refractivity contribution in [3.63, 3.8) is 0 Å². The van der Waals surface area contributed by atoms with Crippen LogP contribution in [-0.2, 0) is 26.4 Å². The smallest absolute Gasteiger partial charge is 0.171 e. The van der Waals surface area contributed by atoms with Crippen molar-refractivity contribution in [3.8, 4) is 0 Å². The first-order valence-corrected chi connectivity index (χ1v) is 7.81. The Balaban J connectivity index is 3.09. The first kappa shape index (κ1) is 13.6. The molecule has 0 aliphatic rings. The minimum absolute atomic E-state index is 0.411. The maximum atomic E-state index is 11.5. The van der Waals surface area contributed by atoms with Crippen LogP contribution < -0.4 is 0 Å². The molecule has 1 atom stereocenters. The van der Waals surface area contributed by atoms with Gasteiger partial charge in [-0.3, -0.25) is 0 Å². The van der Waals surface area contributed by atoms with E-state index in [9.17, 15) is 8.76 Å². The van der Waals surface area contributed by atoms with Crippen LogP contribution in [0.4, 0.5) is 0 Å². The fraction of sp³-hybridized carbons (Fsp3) is 0.500. The molecule has 16 heavy (non-hydrogen) atoms. The summed E-state index contributed by atoms with van der Waals surface area (Å²) in [4.78, 5) is 0.411. The molecule has 0 saturated heterocycles. The summed E-state index contributed by atoms with van der Waals surface area (Å²) in [5.41, 5.74) is 2.01. The van der Waals surface area contributed by atoms with Gasteiger partial charge in [-0.15, -0.1) is 0 Å². The molecule has 0 amide bonds. The van der Waals surface area contributed by atoms with Crippen LogP contribution >= 0.6 is 0 Å². The molecule has 0 saturated carbocycles. The molecule has 0 aliphatic carbocycles. The van der Waals surface area contributed by atoms with Gasteiger partial charge in [-0.1, -0.05) is 31.5 Å². The molecule has 4 heteroatoms. The summed E-state index contributed by atoms with van der Waals surface area (Å²) in [5, 5.41) is 0. The molecule has 90 valence electrons. The molecule has 0 aromatic heterocycles. The van der Waals surface area contributed by atoms with Crippen molar-refractivity contribution in [2.45, 2.75) is 38.5 Å². The lowest BCUT2D eigenvalue weighted by atomic mass is 10.0. The monoisotopic (exact) mass is 258 g/mol. The molecule has 1 aromatic carbocycles. The molecule has 2 nitrogen and oxygen atoms in total. The minimum Gasteiger partial charge on any atom is -0.302 e. The maximum absolute atomic E-state index is 11.5. The molecule has 0 fully saturated rings. The topological polar surface area (TPSA) is 37.3 Å². The summed E-state index contributed by atoms with van der Waals surface area (Å²) >= 11 is 4.65. The van der Waals surface area contributed by atoms with Crippen LogP contribution in [0.3, 0.4) is 0 Å². The van der Waals surface area contributed by atoms with E-state index in [4.69, 9.17) is 0 Å². The fourth-order valence-electron chi connectivity index (χ4n) is 1.60. The number of aryl methyl sites for hydroxylation is 2. The van der Waals surface area contributed by atoms with Gasteiger partial charge in [0, 0.05) is 11.2 Å². The highest BCUT2D eigenvalue weighted by molar-refractivity contribution is 8.29. The molecule has 0 radical (unpaired) electrons. The normalized spacial score (nSPS) is 15.1. The van der Waals surface area contributed by atoms with E-state index in [0.717, 1.165) is 24.0 Å². The largest absolute Gasteiger partial charge is 0.302 e. The number of hydrogen-bond donors (Lipinski definition) is 1. The van der Waals surface area contributed by atoms with E-state index in [1.165, 1.54) is 0 Å². The average Bonchev–Trinajstić information content (AvgIpc) is 2.12. The van der Waals surface area contributed by atoms with Gasteiger partial charge in [0.2, 0.25) is 0 Å². The van der Waals surface area contributed by atoms with E-state index in [2.05, 4.69) is 25.0 Å². The van der Waals surface area contributed by atoms with Crippen LogP contribution in [0.2, 0.25) is 0 Å². The van der Waals surface area contributed by atoms with E-state index in [-0.39, 0.29) is 0 Å². The van der Waals surface area contributed by atoms with Gasteiger partial charge in [-0.05, 0) is 37.3 Å². The van der Waals surface area contributed by atoms with Crippen molar-refractivity contribution in [2.24, 2.45) is 5.92 Å². The van der Waals surface area contributed by atoms with Crippen molar-refractivity contribution in [1.29, 1.82) is 0 Å². The molecule has 1 rings (SSSR count). The molecule has 1 N–H and O–H groups in total. The second-order valence-electron chi connectivity index (χ2n) is 4.52. The van der Waals surface area contributed by atoms with Crippen molar-refractivity contribution < 1.29 is 8.76 Å². The van der Waals surface area contributed by atoms with Crippen molar-refractivity contribution in [3.05, 3.63) is 29.3 Å². The van der Waals surface area contributed by atoms with E-state index in [1.807, 2.05) is 19.1 Å². The number of benzene rings is 1. The standard InChI is InChI=1S/C12H18O2S2/c1-9(2)4-6-11-8-10(3)5-7-12(11)16(13,14)15/h5,7-9H,4,6H2,1-3H3,(H,13,14,15). The van der Waals surface area contributed by atoms with Crippen LogP contribution in [0, 0.1) is 12.8 Å². The summed E-state index contributed by atoms with van der Waals surface area (Å²) < 4.78 is 21.0. The Hall–Kier alpha value is -0.450. The Morgan fingerprint density at radius 2 is 2.06 bits per heavy atom. The molecule has 0 spiro atoms. The summed E-state index contributed by atoms with van der Waals surface area (Å²) in [5.74, 6) is 0.577. The average molecular weight is 258 g/mol. The van der Waals surface area contributed by atoms with Gasteiger partial charge in [-0.25, -0.2) is 4.21 Å². The molecule has 0 aliphatic heterocycles. The second-order valence-corrected chi connectivity index (χ2v) is 7.26. The van der Waals surface area contributed by atoms with Gasteiger partial charge in [0.15, 0.2) is 8.77 Å². The van der Waals surface area contributed by atoms with Gasteiger partial charge >= 0.3 is 0 Å². The zero-order valence-electron chi connectivity index (χ0n) is 9.90. The van der Waals surface area contributed by atoms with E-state index in [1.54, 1.807) is 6.07 Å². The predicted octanol–water partition coefficient (Wildman–Crippen LogP) is 3.16. The first-order chi connectivity index (χ1) is 7.30. The Kier molecular flexibility index (Phi) is 4.47. The minimum atomic E-state index is -3.26. The van der Waals surface area contributed by atoms with E-state index in [0.29, 0.717) is 10.8 Å². The lowest BCUT2D eigenvalue weighted by molar-refractivity contribution is 0.555. The van der Waals surface area contributed by atoms with Crippen LogP contribution in [0.1, 0.15) is 31.4 Å². The summed E-state index contributed by atoms with van der Waals surface area (Å²) in [6.07, 6.45) is 1.81. The van der Waals surface area contributed by atoms with E-state index < -0.39 is 8.77 Å². The van der Waals surface area contributed by atoms with Crippen LogP contribution in [0.5, 0.6) is 0 Å². The third-order valence-electron chi connectivity index (χ3n) is 2.48. The SMILES string of the molecule is Cc1ccc(S(=O)(O)=S)c(CCC(C)C)c1. The third kappa shape index (κ3) is 3.85. The predicted molar refractivity (Wildman–Crippen MR) is 70.7 cm³/mol. The Bertz CT molecular complexity index is 462. The quantitative estimate of drug-likeness (QED) is 0.901. The van der Waals surface area contributed by atoms with Crippen molar-refractivity contribution in [2.75, 3.05) is 0 Å². The molecule has 0 bridgehead atoms. The number of hydrogen-bond acceptors (Lipinski definition) is 2. The van der Waals surface area contributed by atoms with Crippen LogP contribution in [0.25, 0.3) is 0 Å². The summed E-state index contributed by atoms with van der Waals surface area (Å²) in [6.45, 7) is 6.25. The summed E-state index contributed by atoms with van der Waals surface area (Å²) in [7, 11) is -3.26. The van der Waals surface area contributed by atoms with Gasteiger partial charge in [-0.2, -0.15) is 0 Å². The van der Waals surface area contributed by atoms with Gasteiger partial charge < -0.3 is 4.55 Å².